The van der Waals surface area contributed by atoms with Gasteiger partial charge in [-0.3, -0.25) is 9.88 Å². The Kier molecular flexibility index (Phi) is 3.74. The third kappa shape index (κ3) is 3.14. The maximum Gasteiger partial charge on any atom is 0.147 e. The van der Waals surface area contributed by atoms with Gasteiger partial charge in [-0.1, -0.05) is 11.6 Å². The average molecular weight is 242 g/mol. The summed E-state index contributed by atoms with van der Waals surface area (Å²) >= 11 is 5.69. The van der Waals surface area contributed by atoms with Crippen LogP contribution in [0.2, 0.25) is 5.15 Å². The van der Waals surface area contributed by atoms with Gasteiger partial charge >= 0.3 is 0 Å². The molecular formula is C11H16ClN3O. The largest absolute Gasteiger partial charge is 0.373 e. The maximum absolute atomic E-state index is 5.69. The van der Waals surface area contributed by atoms with Crippen LogP contribution in [-0.2, 0) is 11.3 Å². The van der Waals surface area contributed by atoms with Gasteiger partial charge in [0.2, 0.25) is 0 Å². The van der Waals surface area contributed by atoms with Crippen LogP contribution in [0, 0.1) is 0 Å². The Bertz CT molecular complexity index is 334. The third-order valence-electron chi connectivity index (χ3n) is 2.55. The lowest BCUT2D eigenvalue weighted by Gasteiger charge is -2.34. The van der Waals surface area contributed by atoms with Gasteiger partial charge < -0.3 is 4.74 Å². The molecule has 1 aromatic heterocycles. The van der Waals surface area contributed by atoms with Gasteiger partial charge in [-0.15, -0.1) is 0 Å². The smallest absolute Gasteiger partial charge is 0.147 e. The van der Waals surface area contributed by atoms with E-state index in [2.05, 4.69) is 28.7 Å². The first-order valence-corrected chi connectivity index (χ1v) is 5.85. The van der Waals surface area contributed by atoms with E-state index in [0.717, 1.165) is 25.3 Å². The molecule has 1 fully saturated rings. The normalized spacial score (nSPS) is 26.9. The van der Waals surface area contributed by atoms with Gasteiger partial charge in [0.05, 0.1) is 30.3 Å². The molecule has 0 aromatic carbocycles. The second-order valence-electron chi connectivity index (χ2n) is 4.28. The molecule has 0 aliphatic carbocycles. The molecule has 2 heterocycles. The number of aromatic nitrogens is 2. The Morgan fingerprint density at radius 3 is 2.56 bits per heavy atom. The highest BCUT2D eigenvalue weighted by atomic mass is 35.5. The molecule has 0 bridgehead atoms. The minimum atomic E-state index is 0.281. The summed E-state index contributed by atoms with van der Waals surface area (Å²) < 4.78 is 5.67. The molecule has 16 heavy (non-hydrogen) atoms. The SMILES string of the molecule is C[C@@H]1CN(Cc2cnc(Cl)cn2)C[C@H](C)O1. The van der Waals surface area contributed by atoms with Crippen LogP contribution in [0.4, 0.5) is 0 Å². The lowest BCUT2D eigenvalue weighted by molar-refractivity contribution is -0.0707. The fraction of sp³-hybridized carbons (Fsp3) is 0.636. The summed E-state index contributed by atoms with van der Waals surface area (Å²) in [6, 6.07) is 0. The van der Waals surface area contributed by atoms with Crippen molar-refractivity contribution in [2.45, 2.75) is 32.6 Å². The van der Waals surface area contributed by atoms with Gasteiger partial charge in [-0.05, 0) is 13.8 Å². The molecule has 0 amide bonds. The van der Waals surface area contributed by atoms with Crippen LogP contribution >= 0.6 is 11.6 Å². The molecule has 0 unspecified atom stereocenters. The van der Waals surface area contributed by atoms with Crippen LogP contribution in [0.25, 0.3) is 0 Å². The van der Waals surface area contributed by atoms with Gasteiger partial charge in [0.15, 0.2) is 0 Å². The summed E-state index contributed by atoms with van der Waals surface area (Å²) in [6.07, 6.45) is 3.88. The highest BCUT2D eigenvalue weighted by Crippen LogP contribution is 2.13. The molecule has 1 aliphatic heterocycles. The molecule has 0 N–H and O–H groups in total. The Hall–Kier alpha value is -0.710. The summed E-state index contributed by atoms with van der Waals surface area (Å²) in [5, 5.41) is 0.437. The number of ether oxygens (including phenoxy) is 1. The molecule has 2 rings (SSSR count). The minimum Gasteiger partial charge on any atom is -0.373 e. The Morgan fingerprint density at radius 2 is 2.00 bits per heavy atom. The van der Waals surface area contributed by atoms with Gasteiger partial charge in [0.1, 0.15) is 5.15 Å². The van der Waals surface area contributed by atoms with Crippen LogP contribution < -0.4 is 0 Å². The van der Waals surface area contributed by atoms with Crippen molar-refractivity contribution in [3.8, 4) is 0 Å². The first-order chi connectivity index (χ1) is 7.63. The first-order valence-electron chi connectivity index (χ1n) is 5.47. The van der Waals surface area contributed by atoms with E-state index in [9.17, 15) is 0 Å². The quantitative estimate of drug-likeness (QED) is 0.791. The summed E-state index contributed by atoms with van der Waals surface area (Å²) in [5.74, 6) is 0. The standard InChI is InChI=1S/C11H16ClN3O/c1-8-5-15(6-9(2)16-8)7-10-3-14-11(12)4-13-10/h3-4,8-9H,5-7H2,1-2H3/t8-,9+. The Labute approximate surface area is 101 Å². The lowest BCUT2D eigenvalue weighted by atomic mass is 10.2. The number of hydrogen-bond donors (Lipinski definition) is 0. The lowest BCUT2D eigenvalue weighted by Crippen LogP contribution is -2.44. The van der Waals surface area contributed by atoms with Crippen molar-refractivity contribution in [1.29, 1.82) is 0 Å². The van der Waals surface area contributed by atoms with Crippen LogP contribution in [-0.4, -0.2) is 40.2 Å². The summed E-state index contributed by atoms with van der Waals surface area (Å²) in [6.45, 7) is 6.87. The second-order valence-corrected chi connectivity index (χ2v) is 4.67. The van der Waals surface area contributed by atoms with E-state index >= 15 is 0 Å². The third-order valence-corrected chi connectivity index (χ3v) is 2.75. The van der Waals surface area contributed by atoms with Gasteiger partial charge in [-0.2, -0.15) is 0 Å². The average Bonchev–Trinajstić information content (AvgIpc) is 2.20. The van der Waals surface area contributed by atoms with Crippen molar-refractivity contribution in [2.24, 2.45) is 0 Å². The zero-order valence-corrected chi connectivity index (χ0v) is 10.3. The summed E-state index contributed by atoms with van der Waals surface area (Å²) in [4.78, 5) is 10.6. The fourth-order valence-corrected chi connectivity index (χ4v) is 2.16. The second kappa shape index (κ2) is 5.08. The summed E-state index contributed by atoms with van der Waals surface area (Å²) in [5.41, 5.74) is 0.950. The number of rotatable bonds is 2. The molecule has 4 nitrogen and oxygen atoms in total. The van der Waals surface area contributed by atoms with Crippen LogP contribution in [0.5, 0.6) is 0 Å². The molecule has 1 aromatic rings. The monoisotopic (exact) mass is 241 g/mol. The van der Waals surface area contributed by atoms with E-state index < -0.39 is 0 Å². The molecule has 2 atom stereocenters. The fourth-order valence-electron chi connectivity index (χ4n) is 2.06. The van der Waals surface area contributed by atoms with Crippen LogP contribution in [0.1, 0.15) is 19.5 Å². The number of morpholine rings is 1. The maximum atomic E-state index is 5.69. The van der Waals surface area contributed by atoms with E-state index in [4.69, 9.17) is 16.3 Å². The number of hydrogen-bond acceptors (Lipinski definition) is 4. The van der Waals surface area contributed by atoms with Gasteiger partial charge in [0.25, 0.3) is 0 Å². The first kappa shape index (κ1) is 11.8. The molecule has 0 spiro atoms. The van der Waals surface area contributed by atoms with Crippen molar-refractivity contribution in [2.75, 3.05) is 13.1 Å². The number of halogens is 1. The highest BCUT2D eigenvalue weighted by molar-refractivity contribution is 6.29. The van der Waals surface area contributed by atoms with Crippen molar-refractivity contribution in [1.82, 2.24) is 14.9 Å². The molecule has 5 heteroatoms. The minimum absolute atomic E-state index is 0.281. The Morgan fingerprint density at radius 1 is 1.31 bits per heavy atom. The van der Waals surface area contributed by atoms with E-state index in [0.29, 0.717) is 5.15 Å². The molecular weight excluding hydrogens is 226 g/mol. The van der Waals surface area contributed by atoms with Crippen molar-refractivity contribution < 1.29 is 4.74 Å². The van der Waals surface area contributed by atoms with Gasteiger partial charge in [0, 0.05) is 19.6 Å². The van der Waals surface area contributed by atoms with Gasteiger partial charge in [-0.25, -0.2) is 4.98 Å². The van der Waals surface area contributed by atoms with E-state index in [1.54, 1.807) is 12.4 Å². The Balaban J connectivity index is 1.96. The predicted octanol–water partition coefficient (Wildman–Crippen LogP) is 1.74. The van der Waals surface area contributed by atoms with Crippen LogP contribution in [0.15, 0.2) is 12.4 Å². The molecule has 1 saturated heterocycles. The van der Waals surface area contributed by atoms with E-state index in [1.807, 2.05) is 0 Å². The molecule has 88 valence electrons. The van der Waals surface area contributed by atoms with Crippen molar-refractivity contribution in [3.63, 3.8) is 0 Å². The predicted molar refractivity (Wildman–Crippen MR) is 62.3 cm³/mol. The number of nitrogens with zero attached hydrogens (tertiary/aromatic N) is 3. The molecule has 1 aliphatic rings. The van der Waals surface area contributed by atoms with E-state index in [-0.39, 0.29) is 12.2 Å². The topological polar surface area (TPSA) is 38.2 Å². The van der Waals surface area contributed by atoms with Crippen molar-refractivity contribution >= 4 is 11.6 Å². The molecule has 0 saturated carbocycles. The van der Waals surface area contributed by atoms with Crippen molar-refractivity contribution in [3.05, 3.63) is 23.2 Å². The van der Waals surface area contributed by atoms with Crippen LogP contribution in [0.3, 0.4) is 0 Å². The zero-order valence-electron chi connectivity index (χ0n) is 9.56. The van der Waals surface area contributed by atoms with E-state index in [1.165, 1.54) is 0 Å². The summed E-state index contributed by atoms with van der Waals surface area (Å²) in [7, 11) is 0. The zero-order chi connectivity index (χ0) is 11.5. The molecule has 0 radical (unpaired) electrons. The highest BCUT2D eigenvalue weighted by Gasteiger charge is 2.22.